The van der Waals surface area contributed by atoms with E-state index in [4.69, 9.17) is 5.73 Å². The summed E-state index contributed by atoms with van der Waals surface area (Å²) < 4.78 is 25.6. The van der Waals surface area contributed by atoms with E-state index in [2.05, 4.69) is 4.72 Å². The third-order valence-corrected chi connectivity index (χ3v) is 3.97. The molecule has 1 aliphatic rings. The smallest absolute Gasteiger partial charge is 0.211 e. The molecule has 0 saturated heterocycles. The molecule has 1 rings (SSSR count). The molecule has 0 aromatic carbocycles. The van der Waals surface area contributed by atoms with Gasteiger partial charge in [-0.25, -0.2) is 13.1 Å². The highest BCUT2D eigenvalue weighted by Gasteiger charge is 2.28. The topological polar surface area (TPSA) is 72.2 Å². The van der Waals surface area contributed by atoms with Gasteiger partial charge in [0.2, 0.25) is 10.0 Å². The fraction of sp³-hybridized carbons (Fsp3) is 1.00. The Morgan fingerprint density at radius 3 is 2.43 bits per heavy atom. The van der Waals surface area contributed by atoms with Crippen molar-refractivity contribution in [2.24, 2.45) is 17.1 Å². The van der Waals surface area contributed by atoms with Gasteiger partial charge in [0.1, 0.15) is 0 Å². The fourth-order valence-electron chi connectivity index (χ4n) is 1.03. The zero-order valence-electron chi connectivity index (χ0n) is 8.91. The molecule has 1 aliphatic carbocycles. The van der Waals surface area contributed by atoms with Gasteiger partial charge in [0.05, 0.1) is 5.75 Å². The lowest BCUT2D eigenvalue weighted by Gasteiger charge is -2.22. The highest BCUT2D eigenvalue weighted by Crippen LogP contribution is 2.30. The lowest BCUT2D eigenvalue weighted by Crippen LogP contribution is -2.39. The molecule has 0 aromatic heterocycles. The molecule has 0 aliphatic heterocycles. The maximum Gasteiger partial charge on any atom is 0.211 e. The third-order valence-electron chi connectivity index (χ3n) is 2.48. The largest absolute Gasteiger partial charge is 0.330 e. The SMILES string of the molecule is CC(C)(CN)CNS(=O)(=O)CC1CC1. The van der Waals surface area contributed by atoms with Crippen LogP contribution in [0.2, 0.25) is 0 Å². The van der Waals surface area contributed by atoms with E-state index in [-0.39, 0.29) is 11.2 Å². The molecule has 14 heavy (non-hydrogen) atoms. The first-order valence-electron chi connectivity index (χ1n) is 5.02. The van der Waals surface area contributed by atoms with Crippen molar-refractivity contribution in [3.8, 4) is 0 Å². The Morgan fingerprint density at radius 2 is 2.00 bits per heavy atom. The number of sulfonamides is 1. The minimum Gasteiger partial charge on any atom is -0.330 e. The highest BCUT2D eigenvalue weighted by atomic mass is 32.2. The van der Waals surface area contributed by atoms with E-state index < -0.39 is 10.0 Å². The van der Waals surface area contributed by atoms with Crippen LogP contribution in [0.4, 0.5) is 0 Å². The van der Waals surface area contributed by atoms with Gasteiger partial charge in [-0.3, -0.25) is 0 Å². The van der Waals surface area contributed by atoms with Crippen molar-refractivity contribution in [3.63, 3.8) is 0 Å². The fourth-order valence-corrected chi connectivity index (χ4v) is 2.71. The summed E-state index contributed by atoms with van der Waals surface area (Å²) >= 11 is 0. The van der Waals surface area contributed by atoms with Gasteiger partial charge in [0.15, 0.2) is 0 Å². The van der Waals surface area contributed by atoms with Crippen molar-refractivity contribution < 1.29 is 8.42 Å². The molecule has 0 aromatic rings. The van der Waals surface area contributed by atoms with Crippen LogP contribution in [0.3, 0.4) is 0 Å². The van der Waals surface area contributed by atoms with Gasteiger partial charge < -0.3 is 5.73 Å². The van der Waals surface area contributed by atoms with Gasteiger partial charge in [-0.15, -0.1) is 0 Å². The van der Waals surface area contributed by atoms with E-state index in [9.17, 15) is 8.42 Å². The summed E-state index contributed by atoms with van der Waals surface area (Å²) in [6.45, 7) is 4.82. The lowest BCUT2D eigenvalue weighted by molar-refractivity contribution is 0.376. The zero-order valence-corrected chi connectivity index (χ0v) is 9.73. The Kier molecular flexibility index (Phi) is 3.55. The van der Waals surface area contributed by atoms with Crippen molar-refractivity contribution in [2.45, 2.75) is 26.7 Å². The third kappa shape index (κ3) is 4.39. The van der Waals surface area contributed by atoms with Gasteiger partial charge in [-0.05, 0) is 30.7 Å². The Morgan fingerprint density at radius 1 is 1.43 bits per heavy atom. The highest BCUT2D eigenvalue weighted by molar-refractivity contribution is 7.89. The van der Waals surface area contributed by atoms with Gasteiger partial charge in [0.25, 0.3) is 0 Å². The molecule has 0 bridgehead atoms. The van der Waals surface area contributed by atoms with Gasteiger partial charge in [0, 0.05) is 6.54 Å². The molecule has 4 nitrogen and oxygen atoms in total. The molecule has 1 fully saturated rings. The van der Waals surface area contributed by atoms with Crippen LogP contribution < -0.4 is 10.5 Å². The quantitative estimate of drug-likeness (QED) is 0.676. The first-order chi connectivity index (χ1) is 6.35. The monoisotopic (exact) mass is 220 g/mol. The summed E-state index contributed by atoms with van der Waals surface area (Å²) in [7, 11) is -3.07. The number of nitrogens with one attached hydrogen (secondary N) is 1. The van der Waals surface area contributed by atoms with Crippen molar-refractivity contribution in [3.05, 3.63) is 0 Å². The Labute approximate surface area is 86.3 Å². The molecule has 0 heterocycles. The summed E-state index contributed by atoms with van der Waals surface area (Å²) in [5.74, 6) is 0.682. The Balaban J connectivity index is 2.35. The molecular formula is C9H20N2O2S. The summed E-state index contributed by atoms with van der Waals surface area (Å²) in [6.07, 6.45) is 2.11. The molecular weight excluding hydrogens is 200 g/mol. The van der Waals surface area contributed by atoms with E-state index in [1.807, 2.05) is 13.8 Å². The van der Waals surface area contributed by atoms with Gasteiger partial charge in [-0.2, -0.15) is 0 Å². The summed E-state index contributed by atoms with van der Waals surface area (Å²) in [6, 6.07) is 0. The predicted molar refractivity (Wildman–Crippen MR) is 57.3 cm³/mol. The van der Waals surface area contributed by atoms with Crippen LogP contribution in [0.25, 0.3) is 0 Å². The average molecular weight is 220 g/mol. The molecule has 0 amide bonds. The summed E-state index contributed by atoms with van der Waals surface area (Å²) in [5.41, 5.74) is 5.36. The normalized spacial score (nSPS) is 18.5. The van der Waals surface area contributed by atoms with E-state index in [0.29, 0.717) is 19.0 Å². The van der Waals surface area contributed by atoms with Crippen LogP contribution in [0.15, 0.2) is 0 Å². The van der Waals surface area contributed by atoms with Crippen molar-refractivity contribution in [2.75, 3.05) is 18.8 Å². The second kappa shape index (κ2) is 4.16. The molecule has 0 radical (unpaired) electrons. The van der Waals surface area contributed by atoms with E-state index >= 15 is 0 Å². The lowest BCUT2D eigenvalue weighted by atomic mass is 9.95. The van der Waals surface area contributed by atoms with Crippen LogP contribution >= 0.6 is 0 Å². The predicted octanol–water partition coefficient (Wildman–Crippen LogP) is 0.301. The van der Waals surface area contributed by atoms with Gasteiger partial charge >= 0.3 is 0 Å². The van der Waals surface area contributed by atoms with E-state index in [1.54, 1.807) is 0 Å². The number of hydrogen-bond acceptors (Lipinski definition) is 3. The maximum atomic E-state index is 11.5. The second-order valence-electron chi connectivity index (χ2n) is 4.91. The van der Waals surface area contributed by atoms with Crippen LogP contribution in [-0.2, 0) is 10.0 Å². The van der Waals surface area contributed by atoms with Crippen LogP contribution in [0.1, 0.15) is 26.7 Å². The van der Waals surface area contributed by atoms with Crippen molar-refractivity contribution in [1.29, 1.82) is 0 Å². The number of nitrogens with two attached hydrogens (primary N) is 1. The second-order valence-corrected chi connectivity index (χ2v) is 6.77. The van der Waals surface area contributed by atoms with Crippen LogP contribution in [0.5, 0.6) is 0 Å². The Hall–Kier alpha value is -0.130. The minimum absolute atomic E-state index is 0.156. The van der Waals surface area contributed by atoms with Crippen LogP contribution in [0, 0.1) is 11.3 Å². The zero-order chi connectivity index (χ0) is 10.8. The first kappa shape index (κ1) is 11.9. The Bertz CT molecular complexity index is 281. The summed E-state index contributed by atoms with van der Waals surface area (Å²) in [5, 5.41) is 0. The van der Waals surface area contributed by atoms with Gasteiger partial charge in [-0.1, -0.05) is 13.8 Å². The van der Waals surface area contributed by atoms with Crippen molar-refractivity contribution in [1.82, 2.24) is 4.72 Å². The molecule has 0 unspecified atom stereocenters. The number of rotatable bonds is 6. The molecule has 5 heteroatoms. The van der Waals surface area contributed by atoms with E-state index in [0.717, 1.165) is 12.8 Å². The van der Waals surface area contributed by atoms with E-state index in [1.165, 1.54) is 0 Å². The number of hydrogen-bond donors (Lipinski definition) is 2. The minimum atomic E-state index is -3.07. The van der Waals surface area contributed by atoms with Crippen molar-refractivity contribution >= 4 is 10.0 Å². The standard InChI is InChI=1S/C9H20N2O2S/c1-9(2,6-10)7-11-14(12,13)5-8-3-4-8/h8,11H,3-7,10H2,1-2H3. The van der Waals surface area contributed by atoms with Crippen LogP contribution in [-0.4, -0.2) is 27.3 Å². The molecule has 0 atom stereocenters. The maximum absolute atomic E-state index is 11.5. The molecule has 3 N–H and O–H groups in total. The molecule has 1 saturated carbocycles. The molecule has 84 valence electrons. The first-order valence-corrected chi connectivity index (χ1v) is 6.67. The summed E-state index contributed by atoms with van der Waals surface area (Å²) in [4.78, 5) is 0. The molecule has 0 spiro atoms. The average Bonchev–Trinajstić information content (AvgIpc) is 2.85.